The van der Waals surface area contributed by atoms with Gasteiger partial charge in [0.15, 0.2) is 11.6 Å². The molecule has 0 aliphatic heterocycles. The first kappa shape index (κ1) is 16.4. The molecule has 25 heavy (non-hydrogen) atoms. The van der Waals surface area contributed by atoms with Crippen LogP contribution in [-0.4, -0.2) is 20.9 Å². The zero-order valence-corrected chi connectivity index (χ0v) is 12.9. The largest absolute Gasteiger partial charge is 0.437 e. The van der Waals surface area contributed by atoms with E-state index in [-0.39, 0.29) is 23.1 Å². The fraction of sp³-hybridized carbons (Fsp3) is 0.0625. The molecule has 3 rings (SSSR count). The smallest absolute Gasteiger partial charge is 0.410 e. The number of ether oxygens (including phenoxy) is 2. The predicted octanol–water partition coefficient (Wildman–Crippen LogP) is 3.10. The fourth-order valence-corrected chi connectivity index (χ4v) is 1.98. The zero-order chi connectivity index (χ0) is 18.0. The van der Waals surface area contributed by atoms with Crippen LogP contribution in [0.5, 0.6) is 17.4 Å². The number of amides is 1. The third-order valence-electron chi connectivity index (χ3n) is 3.18. The van der Waals surface area contributed by atoms with Crippen LogP contribution < -0.4 is 15.2 Å². The van der Waals surface area contributed by atoms with Gasteiger partial charge in [-0.1, -0.05) is 0 Å². The molecule has 0 saturated carbocycles. The average Bonchev–Trinajstić information content (AvgIpc) is 3.01. The lowest BCUT2D eigenvalue weighted by molar-refractivity contribution is 0.208. The molecular formula is C16H12F2N4O3. The molecule has 3 aromatic rings. The molecule has 0 bridgehead atoms. The van der Waals surface area contributed by atoms with Crippen LogP contribution in [0.4, 0.5) is 13.6 Å². The Kier molecular flexibility index (Phi) is 4.29. The average molecular weight is 346 g/mol. The van der Waals surface area contributed by atoms with Crippen LogP contribution in [0.25, 0.3) is 5.69 Å². The summed E-state index contributed by atoms with van der Waals surface area (Å²) in [6, 6.07) is 6.40. The number of benzene rings is 1. The second-order valence-electron chi connectivity index (χ2n) is 4.97. The Hall–Kier alpha value is -3.49. The van der Waals surface area contributed by atoms with Gasteiger partial charge in [-0.3, -0.25) is 4.98 Å². The minimum absolute atomic E-state index is 0.132. The van der Waals surface area contributed by atoms with Gasteiger partial charge in [0, 0.05) is 24.4 Å². The SMILES string of the molecule is Cc1ncc(-n2ccc(Oc3ccc(OC(N)=O)c(F)c3)n2)cc1F. The van der Waals surface area contributed by atoms with Crippen molar-refractivity contribution >= 4 is 6.09 Å². The van der Waals surface area contributed by atoms with Crippen molar-refractivity contribution in [3.63, 3.8) is 0 Å². The van der Waals surface area contributed by atoms with Crippen LogP contribution in [0.15, 0.2) is 42.7 Å². The monoisotopic (exact) mass is 346 g/mol. The Morgan fingerprint density at radius 1 is 1.20 bits per heavy atom. The number of rotatable bonds is 4. The van der Waals surface area contributed by atoms with Gasteiger partial charge in [0.25, 0.3) is 0 Å². The van der Waals surface area contributed by atoms with Crippen LogP contribution in [0.2, 0.25) is 0 Å². The molecule has 0 radical (unpaired) electrons. The molecular weight excluding hydrogens is 334 g/mol. The van der Waals surface area contributed by atoms with E-state index in [0.29, 0.717) is 5.69 Å². The maximum absolute atomic E-state index is 13.8. The summed E-state index contributed by atoms with van der Waals surface area (Å²) in [6.07, 6.45) is 1.89. The van der Waals surface area contributed by atoms with Crippen molar-refractivity contribution < 1.29 is 23.0 Å². The van der Waals surface area contributed by atoms with Crippen LogP contribution >= 0.6 is 0 Å². The zero-order valence-electron chi connectivity index (χ0n) is 12.9. The summed E-state index contributed by atoms with van der Waals surface area (Å²) in [4.78, 5) is 14.6. The maximum atomic E-state index is 13.8. The third-order valence-corrected chi connectivity index (χ3v) is 3.18. The number of aromatic nitrogens is 3. The normalized spacial score (nSPS) is 10.5. The molecule has 0 saturated heterocycles. The molecule has 0 spiro atoms. The molecule has 2 heterocycles. The number of nitrogens with two attached hydrogens (primary N) is 1. The number of hydrogen-bond donors (Lipinski definition) is 1. The summed E-state index contributed by atoms with van der Waals surface area (Å²) < 4.78 is 38.6. The highest BCUT2D eigenvalue weighted by Crippen LogP contribution is 2.26. The molecule has 1 amide bonds. The van der Waals surface area contributed by atoms with Crippen molar-refractivity contribution in [2.75, 3.05) is 0 Å². The first-order valence-electron chi connectivity index (χ1n) is 7.05. The summed E-state index contributed by atoms with van der Waals surface area (Å²) >= 11 is 0. The number of nitrogens with zero attached hydrogens (tertiary/aromatic N) is 3. The van der Waals surface area contributed by atoms with Gasteiger partial charge in [-0.25, -0.2) is 18.3 Å². The number of carbonyl (C=O) groups is 1. The molecule has 1 aromatic carbocycles. The Bertz CT molecular complexity index is 943. The Morgan fingerprint density at radius 3 is 2.68 bits per heavy atom. The van der Waals surface area contributed by atoms with Crippen molar-refractivity contribution in [1.29, 1.82) is 0 Å². The number of pyridine rings is 1. The van der Waals surface area contributed by atoms with Crippen LogP contribution in [0.3, 0.4) is 0 Å². The van der Waals surface area contributed by atoms with E-state index in [1.165, 1.54) is 35.1 Å². The van der Waals surface area contributed by atoms with E-state index in [4.69, 9.17) is 10.5 Å². The van der Waals surface area contributed by atoms with Crippen LogP contribution in [0, 0.1) is 18.6 Å². The van der Waals surface area contributed by atoms with Gasteiger partial charge < -0.3 is 15.2 Å². The second-order valence-corrected chi connectivity index (χ2v) is 4.97. The van der Waals surface area contributed by atoms with E-state index >= 15 is 0 Å². The van der Waals surface area contributed by atoms with E-state index in [2.05, 4.69) is 14.8 Å². The van der Waals surface area contributed by atoms with Crippen molar-refractivity contribution in [3.05, 3.63) is 60.1 Å². The first-order valence-corrected chi connectivity index (χ1v) is 7.05. The topological polar surface area (TPSA) is 92.3 Å². The highest BCUT2D eigenvalue weighted by atomic mass is 19.1. The lowest BCUT2D eigenvalue weighted by Gasteiger charge is -2.06. The van der Waals surface area contributed by atoms with Crippen molar-refractivity contribution in [3.8, 4) is 23.1 Å². The number of hydrogen-bond acceptors (Lipinski definition) is 5. The molecule has 0 unspecified atom stereocenters. The molecule has 0 aliphatic carbocycles. The highest BCUT2D eigenvalue weighted by molar-refractivity contribution is 5.68. The lowest BCUT2D eigenvalue weighted by Crippen LogP contribution is -2.16. The van der Waals surface area contributed by atoms with Gasteiger partial charge in [-0.2, -0.15) is 0 Å². The van der Waals surface area contributed by atoms with E-state index in [9.17, 15) is 13.6 Å². The number of primary amides is 1. The quantitative estimate of drug-likeness (QED) is 0.784. The molecule has 7 nitrogen and oxygen atoms in total. The van der Waals surface area contributed by atoms with Crippen molar-refractivity contribution in [2.24, 2.45) is 5.73 Å². The molecule has 9 heteroatoms. The summed E-state index contributed by atoms with van der Waals surface area (Å²) in [5, 5.41) is 4.11. The van der Waals surface area contributed by atoms with Gasteiger partial charge in [0.2, 0.25) is 5.88 Å². The van der Waals surface area contributed by atoms with Gasteiger partial charge in [-0.15, -0.1) is 5.10 Å². The van der Waals surface area contributed by atoms with Gasteiger partial charge in [-0.05, 0) is 19.1 Å². The highest BCUT2D eigenvalue weighted by Gasteiger charge is 2.10. The number of carbonyl (C=O) groups excluding carboxylic acids is 1. The fourth-order valence-electron chi connectivity index (χ4n) is 1.98. The first-order chi connectivity index (χ1) is 11.9. The van der Waals surface area contributed by atoms with Crippen molar-refractivity contribution in [2.45, 2.75) is 6.92 Å². The van der Waals surface area contributed by atoms with E-state index in [1.54, 1.807) is 13.1 Å². The summed E-state index contributed by atoms with van der Waals surface area (Å²) in [6.45, 7) is 1.55. The van der Waals surface area contributed by atoms with E-state index < -0.39 is 17.7 Å². The van der Waals surface area contributed by atoms with Gasteiger partial charge >= 0.3 is 6.09 Å². The molecule has 2 N–H and O–H groups in total. The molecule has 0 atom stereocenters. The van der Waals surface area contributed by atoms with Crippen molar-refractivity contribution in [1.82, 2.24) is 14.8 Å². The molecule has 0 aliphatic rings. The van der Waals surface area contributed by atoms with Crippen LogP contribution in [0.1, 0.15) is 5.69 Å². The molecule has 0 fully saturated rings. The maximum Gasteiger partial charge on any atom is 0.410 e. The van der Waals surface area contributed by atoms with Gasteiger partial charge in [0.05, 0.1) is 17.6 Å². The van der Waals surface area contributed by atoms with Gasteiger partial charge in [0.1, 0.15) is 11.6 Å². The number of halogens is 2. The summed E-state index contributed by atoms with van der Waals surface area (Å²) in [5.74, 6) is -1.30. The summed E-state index contributed by atoms with van der Waals surface area (Å²) in [7, 11) is 0. The Balaban J connectivity index is 1.78. The van der Waals surface area contributed by atoms with E-state index in [0.717, 1.165) is 6.07 Å². The molecule has 128 valence electrons. The Morgan fingerprint density at radius 2 is 2.00 bits per heavy atom. The molecule has 2 aromatic heterocycles. The number of aryl methyl sites for hydroxylation is 1. The lowest BCUT2D eigenvalue weighted by atomic mass is 10.3. The second kappa shape index (κ2) is 6.56. The Labute approximate surface area is 140 Å². The van der Waals surface area contributed by atoms with Crippen LogP contribution in [-0.2, 0) is 0 Å². The predicted molar refractivity (Wildman–Crippen MR) is 82.7 cm³/mol. The minimum Gasteiger partial charge on any atom is -0.437 e. The van der Waals surface area contributed by atoms with E-state index in [1.807, 2.05) is 0 Å². The summed E-state index contributed by atoms with van der Waals surface area (Å²) in [5.41, 5.74) is 5.52. The standard InChI is InChI=1S/C16H12F2N4O3/c1-9-12(17)6-10(8-20-9)22-5-4-15(21-22)24-11-2-3-14(13(18)7-11)25-16(19)23/h2-8H,1H3,(H2,19,23). The third kappa shape index (κ3) is 3.71. The minimum atomic E-state index is -1.12.